The molecule has 0 aliphatic rings. The van der Waals surface area contributed by atoms with Crippen molar-refractivity contribution in [2.24, 2.45) is 0 Å². The topological polar surface area (TPSA) is 33.1 Å². The van der Waals surface area contributed by atoms with E-state index in [2.05, 4.69) is 36.8 Å². The molecule has 1 atom stereocenters. The number of aliphatic hydroxyl groups excluding tert-OH is 1. The van der Waals surface area contributed by atoms with Crippen LogP contribution in [0.2, 0.25) is 0 Å². The smallest absolute Gasteiger partial charge is 0.384 e. The lowest BCUT2D eigenvalue weighted by atomic mass is 9.98. The summed E-state index contributed by atoms with van der Waals surface area (Å²) in [6, 6.07) is 5.70. The molecule has 2 aromatic rings. The molecule has 1 unspecified atom stereocenters. The van der Waals surface area contributed by atoms with Gasteiger partial charge >= 0.3 is 6.18 Å². The van der Waals surface area contributed by atoms with E-state index in [4.69, 9.17) is 0 Å². The van der Waals surface area contributed by atoms with Gasteiger partial charge in [0.1, 0.15) is 6.10 Å². The molecule has 1 N–H and O–H groups in total. The summed E-state index contributed by atoms with van der Waals surface area (Å²) in [5.41, 5.74) is -0.828. The third-order valence-electron chi connectivity index (χ3n) is 2.65. The first-order chi connectivity index (χ1) is 9.29. The van der Waals surface area contributed by atoms with Gasteiger partial charge in [-0.3, -0.25) is 4.98 Å². The molecule has 0 radical (unpaired) electrons. The minimum Gasteiger partial charge on any atom is -0.384 e. The zero-order chi connectivity index (χ0) is 14.9. The van der Waals surface area contributed by atoms with Gasteiger partial charge in [0.15, 0.2) is 0 Å². The second kappa shape index (κ2) is 5.83. The third-order valence-corrected chi connectivity index (χ3v) is 3.57. The molecule has 2 nitrogen and oxygen atoms in total. The van der Waals surface area contributed by atoms with E-state index < -0.39 is 17.8 Å². The quantitative estimate of drug-likeness (QED) is 0.777. The van der Waals surface area contributed by atoms with E-state index in [0.717, 1.165) is 18.5 Å². The average Bonchev–Trinajstić information content (AvgIpc) is 2.35. The highest BCUT2D eigenvalue weighted by molar-refractivity contribution is 9.11. The van der Waals surface area contributed by atoms with Crippen molar-refractivity contribution in [2.45, 2.75) is 12.3 Å². The van der Waals surface area contributed by atoms with Crippen molar-refractivity contribution in [1.82, 2.24) is 4.98 Å². The van der Waals surface area contributed by atoms with E-state index in [1.54, 1.807) is 18.2 Å². The second-order valence-electron chi connectivity index (χ2n) is 4.07. The van der Waals surface area contributed by atoms with Crippen LogP contribution in [0.4, 0.5) is 13.2 Å². The molecule has 1 aromatic carbocycles. The monoisotopic (exact) mass is 409 g/mol. The molecule has 1 heterocycles. The van der Waals surface area contributed by atoms with Gasteiger partial charge in [-0.15, -0.1) is 0 Å². The first-order valence-corrected chi connectivity index (χ1v) is 7.03. The number of aromatic nitrogens is 1. The van der Waals surface area contributed by atoms with Crippen LogP contribution in [0.25, 0.3) is 0 Å². The predicted octanol–water partition coefficient (Wildman–Crippen LogP) is 4.71. The van der Waals surface area contributed by atoms with Crippen LogP contribution in [0.3, 0.4) is 0 Å². The summed E-state index contributed by atoms with van der Waals surface area (Å²) in [5.74, 6) is 0. The number of hydrogen-bond acceptors (Lipinski definition) is 2. The van der Waals surface area contributed by atoms with Crippen molar-refractivity contribution in [2.75, 3.05) is 0 Å². The predicted molar refractivity (Wildman–Crippen MR) is 75.1 cm³/mol. The minimum atomic E-state index is -4.54. The lowest BCUT2D eigenvalue weighted by Crippen LogP contribution is -2.13. The Morgan fingerprint density at radius 1 is 1.10 bits per heavy atom. The fraction of sp³-hybridized carbons (Fsp3) is 0.154. The van der Waals surface area contributed by atoms with Crippen molar-refractivity contribution < 1.29 is 18.3 Å². The summed E-state index contributed by atoms with van der Waals surface area (Å²) in [5, 5.41) is 10.2. The maximum atomic E-state index is 12.9. The number of aliphatic hydroxyl groups is 1. The highest BCUT2D eigenvalue weighted by Gasteiger charge is 2.35. The molecular formula is C13H8Br2F3NO. The second-order valence-corrected chi connectivity index (χ2v) is 5.90. The molecule has 0 spiro atoms. The summed E-state index contributed by atoms with van der Waals surface area (Å²) < 4.78 is 40.1. The van der Waals surface area contributed by atoms with Crippen LogP contribution in [-0.2, 0) is 6.18 Å². The van der Waals surface area contributed by atoms with Gasteiger partial charge in [-0.25, -0.2) is 0 Å². The molecular weight excluding hydrogens is 403 g/mol. The molecule has 0 saturated carbocycles. The van der Waals surface area contributed by atoms with Gasteiger partial charge in [0.25, 0.3) is 0 Å². The summed E-state index contributed by atoms with van der Waals surface area (Å²) in [7, 11) is 0. The Balaban J connectivity index is 2.51. The first kappa shape index (κ1) is 15.5. The molecule has 20 heavy (non-hydrogen) atoms. The number of rotatable bonds is 2. The van der Waals surface area contributed by atoms with Crippen LogP contribution in [-0.4, -0.2) is 10.1 Å². The number of benzene rings is 1. The largest absolute Gasteiger partial charge is 0.416 e. The fourth-order valence-electron chi connectivity index (χ4n) is 1.80. The number of alkyl halides is 3. The van der Waals surface area contributed by atoms with Crippen LogP contribution < -0.4 is 0 Å². The summed E-state index contributed by atoms with van der Waals surface area (Å²) >= 11 is 6.47. The minimum absolute atomic E-state index is 0.273. The molecule has 0 amide bonds. The van der Waals surface area contributed by atoms with Gasteiger partial charge in [0.2, 0.25) is 0 Å². The first-order valence-electron chi connectivity index (χ1n) is 5.44. The van der Waals surface area contributed by atoms with Gasteiger partial charge < -0.3 is 5.11 Å². The van der Waals surface area contributed by atoms with Crippen molar-refractivity contribution in [3.63, 3.8) is 0 Å². The Kier molecular flexibility index (Phi) is 4.51. The average molecular weight is 411 g/mol. The van der Waals surface area contributed by atoms with Gasteiger partial charge in [-0.05, 0) is 29.8 Å². The molecule has 0 saturated heterocycles. The molecule has 0 fully saturated rings. The highest BCUT2D eigenvalue weighted by atomic mass is 79.9. The highest BCUT2D eigenvalue weighted by Crippen LogP contribution is 2.37. The van der Waals surface area contributed by atoms with Gasteiger partial charge in [-0.2, -0.15) is 13.2 Å². The standard InChI is InChI=1S/C13H8Br2F3NO/c14-8-3-7(4-9(15)5-8)12(20)10-6-19-2-1-11(10)13(16,17)18/h1-6,12,20H. The fourth-order valence-corrected chi connectivity index (χ4v) is 3.12. The lowest BCUT2D eigenvalue weighted by molar-refractivity contribution is -0.139. The number of nitrogens with zero attached hydrogens (tertiary/aromatic N) is 1. The summed E-state index contributed by atoms with van der Waals surface area (Å²) in [6.45, 7) is 0. The number of hydrogen-bond donors (Lipinski definition) is 1. The molecule has 1 aromatic heterocycles. The summed E-state index contributed by atoms with van der Waals surface area (Å²) in [6.07, 6.45) is -3.87. The molecule has 106 valence electrons. The van der Waals surface area contributed by atoms with Crippen LogP contribution in [0.1, 0.15) is 22.8 Å². The molecule has 7 heteroatoms. The van der Waals surface area contributed by atoms with E-state index in [1.165, 1.54) is 0 Å². The van der Waals surface area contributed by atoms with Crippen LogP contribution in [0.15, 0.2) is 45.6 Å². The molecule has 2 rings (SSSR count). The van der Waals surface area contributed by atoms with Crippen molar-refractivity contribution >= 4 is 31.9 Å². The Morgan fingerprint density at radius 3 is 2.25 bits per heavy atom. The van der Waals surface area contributed by atoms with Crippen molar-refractivity contribution in [3.05, 3.63) is 62.3 Å². The third kappa shape index (κ3) is 3.39. The Labute approximate surface area is 129 Å². The lowest BCUT2D eigenvalue weighted by Gasteiger charge is -2.17. The van der Waals surface area contributed by atoms with Gasteiger partial charge in [0.05, 0.1) is 5.56 Å². The Morgan fingerprint density at radius 2 is 1.70 bits per heavy atom. The SMILES string of the molecule is OC(c1cc(Br)cc(Br)c1)c1cnccc1C(F)(F)F. The van der Waals surface area contributed by atoms with E-state index >= 15 is 0 Å². The number of halogens is 5. The van der Waals surface area contributed by atoms with Crippen LogP contribution in [0, 0.1) is 0 Å². The molecule has 0 bridgehead atoms. The normalized spacial score (nSPS) is 13.3. The zero-order valence-corrected chi connectivity index (χ0v) is 13.0. The van der Waals surface area contributed by atoms with Crippen LogP contribution in [0.5, 0.6) is 0 Å². The number of pyridine rings is 1. The maximum absolute atomic E-state index is 12.9. The van der Waals surface area contributed by atoms with Crippen LogP contribution >= 0.6 is 31.9 Å². The van der Waals surface area contributed by atoms with Crippen molar-refractivity contribution in [1.29, 1.82) is 0 Å². The Bertz CT molecular complexity index is 611. The van der Waals surface area contributed by atoms with E-state index in [1.807, 2.05) is 0 Å². The molecule has 0 aliphatic heterocycles. The van der Waals surface area contributed by atoms with Crippen molar-refractivity contribution in [3.8, 4) is 0 Å². The Hall–Kier alpha value is -0.920. The molecule has 0 aliphatic carbocycles. The van der Waals surface area contributed by atoms with E-state index in [-0.39, 0.29) is 5.56 Å². The summed E-state index contributed by atoms with van der Waals surface area (Å²) in [4.78, 5) is 3.67. The van der Waals surface area contributed by atoms with E-state index in [0.29, 0.717) is 14.5 Å². The maximum Gasteiger partial charge on any atom is 0.416 e. The van der Waals surface area contributed by atoms with Gasteiger partial charge in [-0.1, -0.05) is 31.9 Å². The zero-order valence-electron chi connectivity index (χ0n) is 9.83. The van der Waals surface area contributed by atoms with E-state index in [9.17, 15) is 18.3 Å². The van der Waals surface area contributed by atoms with Gasteiger partial charge in [0, 0.05) is 26.9 Å².